The molecule has 7 heteroatoms. The average Bonchev–Trinajstić information content (AvgIpc) is 3.06. The molecule has 0 radical (unpaired) electrons. The van der Waals surface area contributed by atoms with Crippen LogP contribution in [0.15, 0.2) is 41.8 Å². The van der Waals surface area contributed by atoms with Crippen molar-refractivity contribution in [1.82, 2.24) is 5.32 Å². The molecule has 1 aromatic carbocycles. The van der Waals surface area contributed by atoms with Crippen molar-refractivity contribution in [1.29, 1.82) is 0 Å². The predicted octanol–water partition coefficient (Wildman–Crippen LogP) is 3.15. The summed E-state index contributed by atoms with van der Waals surface area (Å²) in [5.74, 6) is -0.329. The summed E-state index contributed by atoms with van der Waals surface area (Å²) in [4.78, 5) is 21.6. The lowest BCUT2D eigenvalue weighted by Crippen LogP contribution is -2.31. The molecule has 1 atom stereocenters. The molecule has 2 aromatic rings. The van der Waals surface area contributed by atoms with Crippen molar-refractivity contribution in [3.05, 3.63) is 57.2 Å². The molecule has 0 saturated carbocycles. The fourth-order valence-electron chi connectivity index (χ4n) is 1.94. The van der Waals surface area contributed by atoms with Gasteiger partial charge in [0.25, 0.3) is 6.47 Å². The summed E-state index contributed by atoms with van der Waals surface area (Å²) in [6, 6.07) is 10.9. The fourth-order valence-corrected chi connectivity index (χ4v) is 2.90. The van der Waals surface area contributed by atoms with E-state index in [1.807, 2.05) is 29.6 Å². The molecule has 5 nitrogen and oxygen atoms in total. The number of carboxylic acid groups (broad SMARTS) is 1. The van der Waals surface area contributed by atoms with Gasteiger partial charge in [0, 0.05) is 16.4 Å². The number of benzene rings is 1. The number of halogens is 1. The van der Waals surface area contributed by atoms with Gasteiger partial charge in [0.05, 0.1) is 7.11 Å². The Morgan fingerprint density at radius 3 is 2.65 bits per heavy atom. The molecule has 0 saturated heterocycles. The first-order valence-electron chi connectivity index (χ1n) is 6.80. The number of carbonyl (C=O) groups excluding carboxylic acids is 1. The molecule has 0 bridgehead atoms. The maximum atomic E-state index is 11.9. The summed E-state index contributed by atoms with van der Waals surface area (Å²) in [5, 5.41) is 12.7. The smallest absolute Gasteiger partial charge is 0.327 e. The minimum absolute atomic E-state index is 0.250. The van der Waals surface area contributed by atoms with E-state index in [1.54, 1.807) is 17.4 Å². The van der Waals surface area contributed by atoms with Crippen LogP contribution in [-0.4, -0.2) is 31.2 Å². The van der Waals surface area contributed by atoms with Crippen LogP contribution in [0.25, 0.3) is 0 Å². The van der Waals surface area contributed by atoms with Gasteiger partial charge in [0.15, 0.2) is 0 Å². The van der Waals surface area contributed by atoms with Gasteiger partial charge in [-0.2, -0.15) is 0 Å². The number of carbonyl (C=O) groups is 2. The normalized spacial score (nSPS) is 11.0. The third-order valence-electron chi connectivity index (χ3n) is 2.95. The van der Waals surface area contributed by atoms with E-state index in [4.69, 9.17) is 26.2 Å². The van der Waals surface area contributed by atoms with E-state index < -0.39 is 6.04 Å². The van der Waals surface area contributed by atoms with Gasteiger partial charge in [-0.05, 0) is 29.5 Å². The minimum atomic E-state index is -0.534. The molecule has 23 heavy (non-hydrogen) atoms. The maximum absolute atomic E-state index is 11.9. The zero-order valence-electron chi connectivity index (χ0n) is 12.6. The fraction of sp³-hybridized carbons (Fsp3) is 0.250. The highest BCUT2D eigenvalue weighted by Gasteiger charge is 2.22. The van der Waals surface area contributed by atoms with Crippen LogP contribution in [0, 0.1) is 0 Å². The number of rotatable bonds is 6. The summed E-state index contributed by atoms with van der Waals surface area (Å²) >= 11 is 7.86. The molecule has 0 spiro atoms. The van der Waals surface area contributed by atoms with Crippen molar-refractivity contribution < 1.29 is 19.4 Å². The first kappa shape index (κ1) is 19.2. The van der Waals surface area contributed by atoms with Crippen LogP contribution in [0.3, 0.4) is 0 Å². The SMILES string of the molecule is COC(=O)[C@H](NCCc1cccs1)c1ccccc1Cl.O=CO. The first-order valence-corrected chi connectivity index (χ1v) is 8.05. The zero-order chi connectivity index (χ0) is 17.1. The van der Waals surface area contributed by atoms with Crippen LogP contribution in [-0.2, 0) is 20.7 Å². The van der Waals surface area contributed by atoms with Gasteiger partial charge in [-0.15, -0.1) is 11.3 Å². The van der Waals surface area contributed by atoms with Crippen LogP contribution < -0.4 is 5.32 Å². The summed E-state index contributed by atoms with van der Waals surface area (Å²) < 4.78 is 4.85. The number of nitrogens with one attached hydrogen (secondary N) is 1. The van der Waals surface area contributed by atoms with Gasteiger partial charge < -0.3 is 15.2 Å². The number of hydrogen-bond donors (Lipinski definition) is 2. The Bertz CT molecular complexity index is 604. The van der Waals surface area contributed by atoms with Crippen molar-refractivity contribution in [3.63, 3.8) is 0 Å². The Kier molecular flexibility index (Phi) is 8.97. The maximum Gasteiger partial charge on any atom is 0.327 e. The van der Waals surface area contributed by atoms with Crippen molar-refractivity contribution >= 4 is 35.4 Å². The zero-order valence-corrected chi connectivity index (χ0v) is 14.1. The van der Waals surface area contributed by atoms with Crippen molar-refractivity contribution in [2.24, 2.45) is 0 Å². The molecular formula is C16H18ClNO4S. The number of hydrogen-bond acceptors (Lipinski definition) is 5. The summed E-state index contributed by atoms with van der Waals surface area (Å²) in [6.45, 7) is 0.436. The van der Waals surface area contributed by atoms with Crippen molar-refractivity contribution in [2.45, 2.75) is 12.5 Å². The minimum Gasteiger partial charge on any atom is -0.483 e. The third kappa shape index (κ3) is 6.40. The average molecular weight is 356 g/mol. The van der Waals surface area contributed by atoms with E-state index in [1.165, 1.54) is 12.0 Å². The highest BCUT2D eigenvalue weighted by Crippen LogP contribution is 2.23. The number of ether oxygens (including phenoxy) is 1. The molecule has 0 aliphatic heterocycles. The lowest BCUT2D eigenvalue weighted by atomic mass is 10.1. The first-order chi connectivity index (χ1) is 11.1. The highest BCUT2D eigenvalue weighted by molar-refractivity contribution is 7.09. The molecule has 1 heterocycles. The molecule has 0 fully saturated rings. The molecule has 1 aromatic heterocycles. The van der Waals surface area contributed by atoms with Crippen LogP contribution in [0.5, 0.6) is 0 Å². The van der Waals surface area contributed by atoms with E-state index in [9.17, 15) is 4.79 Å². The van der Waals surface area contributed by atoms with Crippen LogP contribution in [0.2, 0.25) is 5.02 Å². The summed E-state index contributed by atoms with van der Waals surface area (Å²) in [6.07, 6.45) is 0.871. The van der Waals surface area contributed by atoms with E-state index in [0.717, 1.165) is 12.0 Å². The molecule has 0 unspecified atom stereocenters. The van der Waals surface area contributed by atoms with Gasteiger partial charge in [-0.3, -0.25) is 4.79 Å². The summed E-state index contributed by atoms with van der Waals surface area (Å²) in [5.41, 5.74) is 0.743. The number of esters is 1. The summed E-state index contributed by atoms with van der Waals surface area (Å²) in [7, 11) is 1.38. The largest absolute Gasteiger partial charge is 0.483 e. The molecule has 0 amide bonds. The Morgan fingerprint density at radius 1 is 1.39 bits per heavy atom. The van der Waals surface area contributed by atoms with Crippen molar-refractivity contribution in [3.8, 4) is 0 Å². The Balaban J connectivity index is 0.000000816. The van der Waals surface area contributed by atoms with E-state index in [-0.39, 0.29) is 12.4 Å². The van der Waals surface area contributed by atoms with Crippen LogP contribution in [0.4, 0.5) is 0 Å². The van der Waals surface area contributed by atoms with Crippen LogP contribution >= 0.6 is 22.9 Å². The standard InChI is InChI=1S/C15H16ClNO2S.CH2O2/c1-19-15(18)14(12-6-2-3-7-13(12)16)17-9-8-11-5-4-10-20-11;2-1-3/h2-7,10,14,17H,8-9H2,1H3;1H,(H,2,3)/t14-;/m1./s1. The molecule has 2 N–H and O–H groups in total. The lowest BCUT2D eigenvalue weighted by molar-refractivity contribution is -0.143. The third-order valence-corrected chi connectivity index (χ3v) is 4.23. The van der Waals surface area contributed by atoms with E-state index in [2.05, 4.69) is 11.4 Å². The predicted molar refractivity (Wildman–Crippen MR) is 90.9 cm³/mol. The molecule has 124 valence electrons. The van der Waals surface area contributed by atoms with E-state index >= 15 is 0 Å². The monoisotopic (exact) mass is 355 g/mol. The Labute approximate surface area is 143 Å². The van der Waals surface area contributed by atoms with Gasteiger partial charge >= 0.3 is 5.97 Å². The second kappa shape index (κ2) is 10.8. The number of methoxy groups -OCH3 is 1. The van der Waals surface area contributed by atoms with E-state index in [0.29, 0.717) is 11.6 Å². The molecular weight excluding hydrogens is 338 g/mol. The lowest BCUT2D eigenvalue weighted by Gasteiger charge is -2.17. The van der Waals surface area contributed by atoms with Gasteiger partial charge in [0.1, 0.15) is 6.04 Å². The van der Waals surface area contributed by atoms with Gasteiger partial charge in [-0.25, -0.2) is 4.79 Å². The molecule has 2 rings (SSSR count). The van der Waals surface area contributed by atoms with Crippen LogP contribution in [0.1, 0.15) is 16.5 Å². The molecule has 0 aliphatic carbocycles. The Morgan fingerprint density at radius 2 is 2.09 bits per heavy atom. The second-order valence-corrected chi connectivity index (χ2v) is 5.81. The molecule has 0 aliphatic rings. The van der Waals surface area contributed by atoms with Gasteiger partial charge in [0.2, 0.25) is 0 Å². The quantitative estimate of drug-likeness (QED) is 0.615. The highest BCUT2D eigenvalue weighted by atomic mass is 35.5. The Hall–Kier alpha value is -1.89. The van der Waals surface area contributed by atoms with Crippen molar-refractivity contribution in [2.75, 3.05) is 13.7 Å². The number of thiophene rings is 1. The van der Waals surface area contributed by atoms with Gasteiger partial charge in [-0.1, -0.05) is 35.9 Å². The second-order valence-electron chi connectivity index (χ2n) is 4.37. The topological polar surface area (TPSA) is 75.6 Å².